The molecule has 1 aromatic carbocycles. The van der Waals surface area contributed by atoms with Crippen LogP contribution in [0, 0.1) is 0 Å². The third kappa shape index (κ3) is 6.25. The average Bonchev–Trinajstić information content (AvgIpc) is 3.16. The minimum atomic E-state index is -0.457. The highest BCUT2D eigenvalue weighted by Crippen LogP contribution is 2.13. The Morgan fingerprint density at radius 2 is 1.96 bits per heavy atom. The van der Waals surface area contributed by atoms with E-state index in [4.69, 9.17) is 0 Å². The predicted octanol–water partition coefficient (Wildman–Crippen LogP) is 3.45. The Labute approximate surface area is 164 Å². The molecule has 144 valence electrons. The first-order chi connectivity index (χ1) is 13.5. The molecule has 0 fully saturated rings. The largest absolute Gasteiger partial charge is 0.322 e. The van der Waals surface area contributed by atoms with E-state index in [-0.39, 0.29) is 5.57 Å². The zero-order valence-electron chi connectivity index (χ0n) is 15.9. The van der Waals surface area contributed by atoms with Crippen molar-refractivity contribution in [3.8, 4) is 0 Å². The topological polar surface area (TPSA) is 86.9 Å². The average molecular weight is 376 g/mol. The Bertz CT molecular complexity index is 908. The number of carbonyl (C=O) groups is 2. The quantitative estimate of drug-likeness (QED) is 0.463. The van der Waals surface area contributed by atoms with Gasteiger partial charge >= 0.3 is 0 Å². The fourth-order valence-electron chi connectivity index (χ4n) is 2.39. The van der Waals surface area contributed by atoms with Gasteiger partial charge in [-0.25, -0.2) is 0 Å². The van der Waals surface area contributed by atoms with Crippen LogP contribution < -0.4 is 10.6 Å². The van der Waals surface area contributed by atoms with Crippen molar-refractivity contribution in [2.45, 2.75) is 19.8 Å². The van der Waals surface area contributed by atoms with Crippen LogP contribution in [0.2, 0.25) is 0 Å². The number of aryl methyl sites for hydroxylation is 2. The maximum Gasteiger partial charge on any atom is 0.258 e. The summed E-state index contributed by atoms with van der Waals surface area (Å²) < 4.78 is 0. The lowest BCUT2D eigenvalue weighted by Crippen LogP contribution is -2.26. The number of hydrogen-bond acceptors (Lipinski definition) is 3. The highest BCUT2D eigenvalue weighted by atomic mass is 16.2. The first-order valence-electron chi connectivity index (χ1n) is 8.88. The summed E-state index contributed by atoms with van der Waals surface area (Å²) in [4.78, 5) is 24.0. The lowest BCUT2D eigenvalue weighted by Gasteiger charge is -2.10. The number of amides is 2. The third-order valence-electron chi connectivity index (χ3n) is 3.90. The van der Waals surface area contributed by atoms with Crippen LogP contribution in [0.3, 0.4) is 0 Å². The zero-order valence-corrected chi connectivity index (χ0v) is 15.9. The van der Waals surface area contributed by atoms with Crippen LogP contribution in [0.25, 0.3) is 0 Å². The molecule has 3 N–H and O–H groups in total. The number of carbonyl (C=O) groups excluding carboxylic acids is 2. The van der Waals surface area contributed by atoms with Gasteiger partial charge in [0.2, 0.25) is 5.91 Å². The van der Waals surface area contributed by atoms with Crippen LogP contribution in [0.1, 0.15) is 18.2 Å². The van der Waals surface area contributed by atoms with Crippen molar-refractivity contribution in [1.82, 2.24) is 15.5 Å². The van der Waals surface area contributed by atoms with E-state index < -0.39 is 11.8 Å². The number of allylic oxidation sites excluding steroid dienone is 3. The molecule has 0 aliphatic heterocycles. The second kappa shape index (κ2) is 10.5. The molecule has 0 aliphatic carbocycles. The molecular weight excluding hydrogens is 352 g/mol. The molecule has 1 heterocycles. The van der Waals surface area contributed by atoms with Crippen LogP contribution in [0.5, 0.6) is 0 Å². The summed E-state index contributed by atoms with van der Waals surface area (Å²) in [7, 11) is 0. The Balaban J connectivity index is 1.99. The number of hydrogen-bond donors (Lipinski definition) is 3. The molecule has 6 heteroatoms. The van der Waals surface area contributed by atoms with E-state index in [9.17, 15) is 9.59 Å². The SMILES string of the molecule is C=CC(=O)N/C(=C/C=C\C)C(=C)C(=O)Nc1cc(CCc2ccccc2)[nH]n1. The molecule has 1 aromatic heterocycles. The normalized spacial score (nSPS) is 11.2. The van der Waals surface area contributed by atoms with Gasteiger partial charge in [0.1, 0.15) is 0 Å². The summed E-state index contributed by atoms with van der Waals surface area (Å²) >= 11 is 0. The van der Waals surface area contributed by atoms with Gasteiger partial charge in [-0.05, 0) is 37.5 Å². The number of anilines is 1. The molecule has 28 heavy (non-hydrogen) atoms. The van der Waals surface area contributed by atoms with E-state index in [1.54, 1.807) is 24.3 Å². The van der Waals surface area contributed by atoms with Gasteiger partial charge in [0.15, 0.2) is 5.82 Å². The molecule has 0 saturated heterocycles. The number of aromatic amines is 1. The molecule has 2 aromatic rings. The lowest BCUT2D eigenvalue weighted by atomic mass is 10.1. The highest BCUT2D eigenvalue weighted by molar-refractivity contribution is 6.07. The van der Waals surface area contributed by atoms with Crippen LogP contribution in [-0.2, 0) is 22.4 Å². The minimum absolute atomic E-state index is 0.113. The van der Waals surface area contributed by atoms with E-state index in [2.05, 4.69) is 46.1 Å². The molecule has 2 amide bonds. The highest BCUT2D eigenvalue weighted by Gasteiger charge is 2.15. The number of aromatic nitrogens is 2. The molecule has 2 rings (SSSR count). The van der Waals surface area contributed by atoms with E-state index in [1.165, 1.54) is 5.56 Å². The van der Waals surface area contributed by atoms with Crippen molar-refractivity contribution < 1.29 is 9.59 Å². The lowest BCUT2D eigenvalue weighted by molar-refractivity contribution is -0.115. The van der Waals surface area contributed by atoms with Crippen LogP contribution >= 0.6 is 0 Å². The van der Waals surface area contributed by atoms with Gasteiger partial charge in [-0.3, -0.25) is 14.7 Å². The number of nitrogens with zero attached hydrogens (tertiary/aromatic N) is 1. The predicted molar refractivity (Wildman–Crippen MR) is 111 cm³/mol. The summed E-state index contributed by atoms with van der Waals surface area (Å²) in [5.74, 6) is -0.483. The summed E-state index contributed by atoms with van der Waals surface area (Å²) in [6, 6.07) is 11.9. The molecule has 0 spiro atoms. The molecule has 0 saturated carbocycles. The van der Waals surface area contributed by atoms with E-state index in [0.29, 0.717) is 11.5 Å². The van der Waals surface area contributed by atoms with Gasteiger partial charge in [0.25, 0.3) is 5.91 Å². The molecule has 0 unspecified atom stereocenters. The Hall–Kier alpha value is -3.67. The second-order valence-electron chi connectivity index (χ2n) is 6.00. The fourth-order valence-corrected chi connectivity index (χ4v) is 2.39. The van der Waals surface area contributed by atoms with Crippen molar-refractivity contribution in [2.24, 2.45) is 0 Å². The maximum atomic E-state index is 12.5. The zero-order chi connectivity index (χ0) is 20.4. The fraction of sp³-hybridized carbons (Fsp3) is 0.136. The third-order valence-corrected chi connectivity index (χ3v) is 3.90. The van der Waals surface area contributed by atoms with Crippen molar-refractivity contribution in [1.29, 1.82) is 0 Å². The number of rotatable bonds is 9. The Morgan fingerprint density at radius 1 is 1.21 bits per heavy atom. The molecule has 0 bridgehead atoms. The van der Waals surface area contributed by atoms with Gasteiger partial charge < -0.3 is 10.6 Å². The number of benzene rings is 1. The molecule has 0 atom stereocenters. The van der Waals surface area contributed by atoms with Crippen molar-refractivity contribution >= 4 is 17.6 Å². The summed E-state index contributed by atoms with van der Waals surface area (Å²) in [6.45, 7) is 9.01. The van der Waals surface area contributed by atoms with Gasteiger partial charge in [-0.2, -0.15) is 5.10 Å². The first kappa shape index (κ1) is 20.6. The van der Waals surface area contributed by atoms with E-state index >= 15 is 0 Å². The monoisotopic (exact) mass is 376 g/mol. The van der Waals surface area contributed by atoms with E-state index in [1.807, 2.05) is 25.1 Å². The Kier molecular flexibility index (Phi) is 7.72. The van der Waals surface area contributed by atoms with Gasteiger partial charge in [0.05, 0.1) is 11.3 Å². The number of nitrogens with one attached hydrogen (secondary N) is 3. The smallest absolute Gasteiger partial charge is 0.258 e. The van der Waals surface area contributed by atoms with Crippen molar-refractivity contribution in [3.63, 3.8) is 0 Å². The Morgan fingerprint density at radius 3 is 2.64 bits per heavy atom. The van der Waals surface area contributed by atoms with Crippen LogP contribution in [0.15, 0.2) is 85.1 Å². The summed E-state index contributed by atoms with van der Waals surface area (Å²) in [5, 5.41) is 12.3. The minimum Gasteiger partial charge on any atom is -0.322 e. The second-order valence-corrected chi connectivity index (χ2v) is 6.00. The summed E-state index contributed by atoms with van der Waals surface area (Å²) in [5.41, 5.74) is 2.55. The van der Waals surface area contributed by atoms with Gasteiger partial charge in [-0.1, -0.05) is 55.6 Å². The van der Waals surface area contributed by atoms with Crippen LogP contribution in [-0.4, -0.2) is 22.0 Å². The first-order valence-corrected chi connectivity index (χ1v) is 8.88. The van der Waals surface area contributed by atoms with Gasteiger partial charge in [-0.15, -0.1) is 0 Å². The van der Waals surface area contributed by atoms with Crippen LogP contribution in [0.4, 0.5) is 5.82 Å². The molecule has 6 nitrogen and oxygen atoms in total. The summed E-state index contributed by atoms with van der Waals surface area (Å²) in [6.07, 6.45) is 7.84. The van der Waals surface area contributed by atoms with Crippen molar-refractivity contribution in [3.05, 3.63) is 96.4 Å². The van der Waals surface area contributed by atoms with Crippen molar-refractivity contribution in [2.75, 3.05) is 5.32 Å². The number of H-pyrrole nitrogens is 1. The molecule has 0 radical (unpaired) electrons. The van der Waals surface area contributed by atoms with Gasteiger partial charge in [0, 0.05) is 11.8 Å². The standard InChI is InChI=1S/C22H24N4O2/c1-4-6-12-19(23-21(27)5-2)16(3)22(28)24-20-15-18(25-26-20)14-13-17-10-8-7-9-11-17/h4-12,15H,2-3,13-14H2,1H3,(H,23,27)(H2,24,25,26,28)/b6-4-,19-12+. The van der Waals surface area contributed by atoms with E-state index in [0.717, 1.165) is 24.6 Å². The molecular formula is C22H24N4O2. The molecule has 0 aliphatic rings. The maximum absolute atomic E-state index is 12.5.